The molecule has 0 saturated carbocycles. The molecule has 29 heavy (non-hydrogen) atoms. The molecule has 2 aromatic carbocycles. The highest BCUT2D eigenvalue weighted by atomic mass is 16.6. The monoisotopic (exact) mass is 395 g/mol. The number of carbonyl (C=O) groups excluding carboxylic acids is 3. The molecule has 1 aliphatic heterocycles. The Bertz CT molecular complexity index is 871. The fraction of sp³-hybridized carbons (Fsp3) is 0.348. The summed E-state index contributed by atoms with van der Waals surface area (Å²) in [5.41, 5.74) is 1.94. The lowest BCUT2D eigenvalue weighted by Crippen LogP contribution is -2.30. The maximum atomic E-state index is 12.3. The average molecular weight is 395 g/mol. The summed E-state index contributed by atoms with van der Waals surface area (Å²) in [5.74, 6) is 0.0124. The van der Waals surface area contributed by atoms with Crippen molar-refractivity contribution in [2.45, 2.75) is 32.6 Å². The van der Waals surface area contributed by atoms with E-state index in [1.165, 1.54) is 4.90 Å². The number of esters is 1. The lowest BCUT2D eigenvalue weighted by Gasteiger charge is -2.14. The van der Waals surface area contributed by atoms with Crippen molar-refractivity contribution in [1.82, 2.24) is 4.90 Å². The SMILES string of the molecule is CC(C)c1ccccc1OCC(=O)OCCCCN1C(=O)c2ccccc2C1=O. The van der Waals surface area contributed by atoms with Gasteiger partial charge in [-0.25, -0.2) is 4.79 Å². The summed E-state index contributed by atoms with van der Waals surface area (Å²) in [5, 5.41) is 0. The van der Waals surface area contributed by atoms with Crippen molar-refractivity contribution in [3.8, 4) is 5.75 Å². The van der Waals surface area contributed by atoms with E-state index in [-0.39, 0.29) is 25.0 Å². The second-order valence-electron chi connectivity index (χ2n) is 7.22. The number of para-hydroxylation sites is 1. The van der Waals surface area contributed by atoms with Gasteiger partial charge in [0.25, 0.3) is 11.8 Å². The third-order valence-electron chi connectivity index (χ3n) is 4.80. The smallest absolute Gasteiger partial charge is 0.344 e. The van der Waals surface area contributed by atoms with Crippen LogP contribution >= 0.6 is 0 Å². The topological polar surface area (TPSA) is 72.9 Å². The quantitative estimate of drug-likeness (QED) is 0.367. The summed E-state index contributed by atoms with van der Waals surface area (Å²) in [6.45, 7) is 4.51. The number of fused-ring (bicyclic) bond motifs is 1. The van der Waals surface area contributed by atoms with Crippen LogP contribution in [-0.4, -0.2) is 42.4 Å². The normalized spacial score (nSPS) is 13.0. The minimum absolute atomic E-state index is 0.151. The van der Waals surface area contributed by atoms with Gasteiger partial charge in [-0.2, -0.15) is 0 Å². The Balaban J connectivity index is 1.37. The first-order chi connectivity index (χ1) is 14.0. The summed E-state index contributed by atoms with van der Waals surface area (Å²) < 4.78 is 10.8. The van der Waals surface area contributed by atoms with Crippen LogP contribution in [0.4, 0.5) is 0 Å². The predicted molar refractivity (Wildman–Crippen MR) is 108 cm³/mol. The first-order valence-corrected chi connectivity index (χ1v) is 9.81. The van der Waals surface area contributed by atoms with Crippen molar-refractivity contribution >= 4 is 17.8 Å². The number of amides is 2. The molecule has 0 radical (unpaired) electrons. The van der Waals surface area contributed by atoms with Crippen LogP contribution in [0.5, 0.6) is 5.75 Å². The Morgan fingerprint density at radius 1 is 0.931 bits per heavy atom. The van der Waals surface area contributed by atoms with Gasteiger partial charge in [-0.3, -0.25) is 14.5 Å². The van der Waals surface area contributed by atoms with E-state index in [1.807, 2.05) is 24.3 Å². The Hall–Kier alpha value is -3.15. The molecule has 6 heteroatoms. The third-order valence-corrected chi connectivity index (χ3v) is 4.80. The van der Waals surface area contributed by atoms with Gasteiger partial charge in [0.1, 0.15) is 5.75 Å². The Morgan fingerprint density at radius 2 is 1.55 bits per heavy atom. The van der Waals surface area contributed by atoms with Gasteiger partial charge < -0.3 is 9.47 Å². The van der Waals surface area contributed by atoms with Gasteiger partial charge in [0.05, 0.1) is 17.7 Å². The molecule has 3 rings (SSSR count). The highest BCUT2D eigenvalue weighted by molar-refractivity contribution is 6.21. The van der Waals surface area contributed by atoms with E-state index in [2.05, 4.69) is 13.8 Å². The Kier molecular flexibility index (Phi) is 6.65. The van der Waals surface area contributed by atoms with Gasteiger partial charge >= 0.3 is 5.97 Å². The van der Waals surface area contributed by atoms with Crippen LogP contribution in [0.1, 0.15) is 58.9 Å². The third kappa shape index (κ3) is 4.83. The van der Waals surface area contributed by atoms with E-state index in [0.29, 0.717) is 42.2 Å². The van der Waals surface area contributed by atoms with E-state index in [0.717, 1.165) is 5.56 Å². The van der Waals surface area contributed by atoms with Crippen molar-refractivity contribution in [3.63, 3.8) is 0 Å². The molecule has 0 atom stereocenters. The minimum Gasteiger partial charge on any atom is -0.482 e. The van der Waals surface area contributed by atoms with Crippen LogP contribution in [0, 0.1) is 0 Å². The summed E-state index contributed by atoms with van der Waals surface area (Å²) in [6.07, 6.45) is 1.12. The molecule has 0 bridgehead atoms. The number of benzene rings is 2. The molecule has 0 unspecified atom stereocenters. The first-order valence-electron chi connectivity index (χ1n) is 9.81. The van der Waals surface area contributed by atoms with Crippen molar-refractivity contribution < 1.29 is 23.9 Å². The molecule has 2 amide bonds. The van der Waals surface area contributed by atoms with Crippen LogP contribution in [0.25, 0.3) is 0 Å². The van der Waals surface area contributed by atoms with Crippen LogP contribution in [0.3, 0.4) is 0 Å². The molecule has 0 aliphatic carbocycles. The van der Waals surface area contributed by atoms with Gasteiger partial charge in [-0.1, -0.05) is 44.2 Å². The summed E-state index contributed by atoms with van der Waals surface area (Å²) >= 11 is 0. The van der Waals surface area contributed by atoms with E-state index < -0.39 is 5.97 Å². The van der Waals surface area contributed by atoms with Gasteiger partial charge in [0.15, 0.2) is 6.61 Å². The molecule has 0 aromatic heterocycles. The van der Waals surface area contributed by atoms with Crippen LogP contribution in [0.2, 0.25) is 0 Å². The fourth-order valence-electron chi connectivity index (χ4n) is 3.27. The zero-order chi connectivity index (χ0) is 20.8. The van der Waals surface area contributed by atoms with Gasteiger partial charge in [0, 0.05) is 6.54 Å². The van der Waals surface area contributed by atoms with E-state index in [9.17, 15) is 14.4 Å². The molecule has 0 fully saturated rings. The van der Waals surface area contributed by atoms with Crippen LogP contribution in [-0.2, 0) is 9.53 Å². The zero-order valence-corrected chi connectivity index (χ0v) is 16.7. The molecule has 0 saturated heterocycles. The number of imide groups is 1. The highest BCUT2D eigenvalue weighted by Gasteiger charge is 2.34. The molecule has 6 nitrogen and oxygen atoms in total. The van der Waals surface area contributed by atoms with Gasteiger partial charge in [-0.15, -0.1) is 0 Å². The maximum absolute atomic E-state index is 12.3. The molecular formula is C23H25NO5. The molecule has 1 heterocycles. The van der Waals surface area contributed by atoms with Gasteiger partial charge in [-0.05, 0) is 42.5 Å². The average Bonchev–Trinajstić information content (AvgIpc) is 2.97. The molecule has 152 valence electrons. The summed E-state index contributed by atoms with van der Waals surface area (Å²) in [7, 11) is 0. The lowest BCUT2D eigenvalue weighted by molar-refractivity contribution is -0.146. The second-order valence-corrected chi connectivity index (χ2v) is 7.22. The molecule has 0 N–H and O–H groups in total. The van der Waals surface area contributed by atoms with Crippen molar-refractivity contribution in [2.75, 3.05) is 19.8 Å². The van der Waals surface area contributed by atoms with Crippen LogP contribution in [0.15, 0.2) is 48.5 Å². The Labute approximate surface area is 170 Å². The minimum atomic E-state index is -0.440. The fourth-order valence-corrected chi connectivity index (χ4v) is 3.27. The number of carbonyl (C=O) groups is 3. The number of unbranched alkanes of at least 4 members (excludes halogenated alkanes) is 1. The number of ether oxygens (including phenoxy) is 2. The number of rotatable bonds is 9. The lowest BCUT2D eigenvalue weighted by atomic mass is 10.0. The number of hydrogen-bond acceptors (Lipinski definition) is 5. The maximum Gasteiger partial charge on any atom is 0.344 e. The zero-order valence-electron chi connectivity index (χ0n) is 16.7. The molecular weight excluding hydrogens is 370 g/mol. The van der Waals surface area contributed by atoms with Crippen molar-refractivity contribution in [2.24, 2.45) is 0 Å². The second kappa shape index (κ2) is 9.37. The van der Waals surface area contributed by atoms with E-state index in [1.54, 1.807) is 24.3 Å². The molecule has 2 aromatic rings. The Morgan fingerprint density at radius 3 is 2.21 bits per heavy atom. The van der Waals surface area contributed by atoms with Crippen LogP contribution < -0.4 is 4.74 Å². The van der Waals surface area contributed by atoms with Gasteiger partial charge in [0.2, 0.25) is 0 Å². The first kappa shape index (κ1) is 20.6. The van der Waals surface area contributed by atoms with E-state index >= 15 is 0 Å². The molecule has 0 spiro atoms. The van der Waals surface area contributed by atoms with E-state index in [4.69, 9.17) is 9.47 Å². The number of nitrogens with zero attached hydrogens (tertiary/aromatic N) is 1. The predicted octanol–water partition coefficient (Wildman–Crippen LogP) is 3.81. The standard InChI is InChI=1S/C23H25NO5/c1-16(2)17-9-5-6-12-20(17)29-15-21(25)28-14-8-7-13-24-22(26)18-10-3-4-11-19(18)23(24)27/h3-6,9-12,16H,7-8,13-15H2,1-2H3. The largest absolute Gasteiger partial charge is 0.482 e. The van der Waals surface area contributed by atoms with Crippen molar-refractivity contribution in [1.29, 1.82) is 0 Å². The summed E-state index contributed by atoms with van der Waals surface area (Å²) in [6, 6.07) is 14.4. The summed E-state index contributed by atoms with van der Waals surface area (Å²) in [4.78, 5) is 37.7. The van der Waals surface area contributed by atoms with Crippen molar-refractivity contribution in [3.05, 3.63) is 65.2 Å². The highest BCUT2D eigenvalue weighted by Crippen LogP contribution is 2.26. The molecule has 1 aliphatic rings. The number of hydrogen-bond donors (Lipinski definition) is 0.